The maximum absolute atomic E-state index is 12.2. The van der Waals surface area contributed by atoms with Crippen molar-refractivity contribution in [3.05, 3.63) is 59.7 Å². The molecule has 1 N–H and O–H groups in total. The third kappa shape index (κ3) is 4.18. The molecule has 21 heavy (non-hydrogen) atoms. The summed E-state index contributed by atoms with van der Waals surface area (Å²) in [6, 6.07) is 15.6. The summed E-state index contributed by atoms with van der Waals surface area (Å²) < 4.78 is 28.7. The van der Waals surface area contributed by atoms with Crippen LogP contribution in [-0.2, 0) is 0 Å². The number of ether oxygens (including phenoxy) is 1. The van der Waals surface area contributed by atoms with Crippen molar-refractivity contribution in [1.29, 1.82) is 5.26 Å². The molecule has 0 aliphatic carbocycles. The van der Waals surface area contributed by atoms with Crippen molar-refractivity contribution in [1.82, 2.24) is 0 Å². The second-order valence-electron chi connectivity index (χ2n) is 4.51. The van der Waals surface area contributed by atoms with Gasteiger partial charge in [0.2, 0.25) is 0 Å². The van der Waals surface area contributed by atoms with Crippen LogP contribution in [0.4, 0.5) is 14.5 Å². The standard InChI is InChI=1S/C16H14F2N2O/c1-11(13-5-2-4-12(8-13)10-19)20-14-6-3-7-15(9-14)21-16(17)18/h2-9,11,16,20H,1H3. The fourth-order valence-corrected chi connectivity index (χ4v) is 1.97. The number of anilines is 1. The lowest BCUT2D eigenvalue weighted by atomic mass is 10.1. The van der Waals surface area contributed by atoms with Gasteiger partial charge in [-0.1, -0.05) is 18.2 Å². The summed E-state index contributed by atoms with van der Waals surface area (Å²) in [5, 5.41) is 12.1. The van der Waals surface area contributed by atoms with Crippen molar-refractivity contribution in [2.45, 2.75) is 19.6 Å². The van der Waals surface area contributed by atoms with Crippen LogP contribution in [-0.4, -0.2) is 6.61 Å². The van der Waals surface area contributed by atoms with Gasteiger partial charge in [-0.15, -0.1) is 0 Å². The fraction of sp³-hybridized carbons (Fsp3) is 0.188. The second kappa shape index (κ2) is 6.71. The van der Waals surface area contributed by atoms with Crippen LogP contribution in [0.2, 0.25) is 0 Å². The summed E-state index contributed by atoms with van der Waals surface area (Å²) in [6.07, 6.45) is 0. The number of rotatable bonds is 5. The zero-order valence-electron chi connectivity index (χ0n) is 11.4. The van der Waals surface area contributed by atoms with Crippen LogP contribution in [0.5, 0.6) is 5.75 Å². The number of halogens is 2. The molecular formula is C16H14F2N2O. The molecule has 0 bridgehead atoms. The van der Waals surface area contributed by atoms with Gasteiger partial charge in [0.25, 0.3) is 0 Å². The third-order valence-corrected chi connectivity index (χ3v) is 2.96. The predicted octanol–water partition coefficient (Wildman–Crippen LogP) is 4.33. The van der Waals surface area contributed by atoms with E-state index in [1.54, 1.807) is 24.3 Å². The minimum Gasteiger partial charge on any atom is -0.435 e. The quantitative estimate of drug-likeness (QED) is 0.890. The normalized spacial score (nSPS) is 11.8. The summed E-state index contributed by atoms with van der Waals surface area (Å²) in [6.45, 7) is -0.915. The highest BCUT2D eigenvalue weighted by Gasteiger charge is 2.08. The van der Waals surface area contributed by atoms with E-state index in [9.17, 15) is 8.78 Å². The highest BCUT2D eigenvalue weighted by Crippen LogP contribution is 2.24. The van der Waals surface area contributed by atoms with E-state index >= 15 is 0 Å². The SMILES string of the molecule is CC(Nc1cccc(OC(F)F)c1)c1cccc(C#N)c1. The molecule has 5 heteroatoms. The molecule has 0 amide bonds. The molecule has 2 rings (SSSR count). The molecule has 1 unspecified atom stereocenters. The largest absolute Gasteiger partial charge is 0.435 e. The molecule has 0 radical (unpaired) electrons. The molecular weight excluding hydrogens is 274 g/mol. The Bertz CT molecular complexity index is 653. The number of hydrogen-bond donors (Lipinski definition) is 1. The first-order chi connectivity index (χ1) is 10.1. The Morgan fingerprint density at radius 2 is 1.90 bits per heavy atom. The maximum Gasteiger partial charge on any atom is 0.387 e. The maximum atomic E-state index is 12.2. The van der Waals surface area contributed by atoms with Crippen LogP contribution >= 0.6 is 0 Å². The van der Waals surface area contributed by atoms with Crippen LogP contribution in [0.3, 0.4) is 0 Å². The van der Waals surface area contributed by atoms with Gasteiger partial charge in [0.15, 0.2) is 0 Å². The van der Waals surface area contributed by atoms with E-state index in [2.05, 4.69) is 16.1 Å². The first-order valence-electron chi connectivity index (χ1n) is 6.40. The van der Waals surface area contributed by atoms with Crippen LogP contribution in [0.25, 0.3) is 0 Å². The van der Waals surface area contributed by atoms with E-state index in [1.807, 2.05) is 19.1 Å². The lowest BCUT2D eigenvalue weighted by molar-refractivity contribution is -0.0498. The zero-order valence-corrected chi connectivity index (χ0v) is 11.4. The van der Waals surface area contributed by atoms with Crippen molar-refractivity contribution in [2.75, 3.05) is 5.32 Å². The van der Waals surface area contributed by atoms with Gasteiger partial charge < -0.3 is 10.1 Å². The Hall–Kier alpha value is -2.61. The van der Waals surface area contributed by atoms with Crippen molar-refractivity contribution < 1.29 is 13.5 Å². The smallest absolute Gasteiger partial charge is 0.387 e. The van der Waals surface area contributed by atoms with E-state index < -0.39 is 6.61 Å². The molecule has 0 saturated carbocycles. The van der Waals surface area contributed by atoms with Gasteiger partial charge in [-0.3, -0.25) is 0 Å². The molecule has 2 aromatic carbocycles. The van der Waals surface area contributed by atoms with E-state index in [4.69, 9.17) is 5.26 Å². The number of hydrogen-bond acceptors (Lipinski definition) is 3. The average Bonchev–Trinajstić information content (AvgIpc) is 2.47. The van der Waals surface area contributed by atoms with Crippen molar-refractivity contribution in [2.24, 2.45) is 0 Å². The minimum absolute atomic E-state index is 0.0694. The number of alkyl halides is 2. The first kappa shape index (κ1) is 14.8. The minimum atomic E-state index is -2.84. The predicted molar refractivity (Wildman–Crippen MR) is 76.3 cm³/mol. The lowest BCUT2D eigenvalue weighted by Crippen LogP contribution is -2.07. The Labute approximate surface area is 121 Å². The summed E-state index contributed by atoms with van der Waals surface area (Å²) >= 11 is 0. The van der Waals surface area contributed by atoms with Crippen LogP contribution in [0, 0.1) is 11.3 Å². The summed E-state index contributed by atoms with van der Waals surface area (Å²) in [5.41, 5.74) is 2.19. The van der Waals surface area contributed by atoms with Crippen LogP contribution in [0.15, 0.2) is 48.5 Å². The van der Waals surface area contributed by atoms with Gasteiger partial charge in [0.05, 0.1) is 11.6 Å². The Morgan fingerprint density at radius 1 is 1.14 bits per heavy atom. The fourth-order valence-electron chi connectivity index (χ4n) is 1.97. The molecule has 0 saturated heterocycles. The molecule has 0 fully saturated rings. The number of nitrogens with one attached hydrogen (secondary N) is 1. The molecule has 0 spiro atoms. The monoisotopic (exact) mass is 288 g/mol. The van der Waals surface area contributed by atoms with Gasteiger partial charge in [-0.2, -0.15) is 14.0 Å². The van der Waals surface area contributed by atoms with Gasteiger partial charge >= 0.3 is 6.61 Å². The number of benzene rings is 2. The molecule has 1 atom stereocenters. The number of nitriles is 1. The second-order valence-corrected chi connectivity index (χ2v) is 4.51. The number of nitrogens with zero attached hydrogens (tertiary/aromatic N) is 1. The average molecular weight is 288 g/mol. The topological polar surface area (TPSA) is 45.0 Å². The summed E-state index contributed by atoms with van der Waals surface area (Å²) in [5.74, 6) is 0.105. The molecule has 2 aromatic rings. The molecule has 3 nitrogen and oxygen atoms in total. The lowest BCUT2D eigenvalue weighted by Gasteiger charge is -2.16. The van der Waals surface area contributed by atoms with Crippen molar-refractivity contribution >= 4 is 5.69 Å². The van der Waals surface area contributed by atoms with Gasteiger partial charge in [-0.05, 0) is 36.8 Å². The van der Waals surface area contributed by atoms with Crippen LogP contribution < -0.4 is 10.1 Å². The van der Waals surface area contributed by atoms with Gasteiger partial charge in [0, 0.05) is 17.8 Å². The van der Waals surface area contributed by atoms with E-state index in [0.717, 1.165) is 5.56 Å². The van der Waals surface area contributed by atoms with E-state index in [1.165, 1.54) is 12.1 Å². The molecule has 0 heterocycles. The Balaban J connectivity index is 2.12. The van der Waals surface area contributed by atoms with E-state index in [-0.39, 0.29) is 11.8 Å². The highest BCUT2D eigenvalue weighted by molar-refractivity contribution is 5.50. The highest BCUT2D eigenvalue weighted by atomic mass is 19.3. The summed E-state index contributed by atoms with van der Waals surface area (Å²) in [4.78, 5) is 0. The zero-order chi connectivity index (χ0) is 15.2. The molecule has 108 valence electrons. The Morgan fingerprint density at radius 3 is 2.62 bits per heavy atom. The summed E-state index contributed by atoms with van der Waals surface area (Å²) in [7, 11) is 0. The first-order valence-corrected chi connectivity index (χ1v) is 6.40. The van der Waals surface area contributed by atoms with Crippen LogP contribution in [0.1, 0.15) is 24.1 Å². The van der Waals surface area contributed by atoms with Gasteiger partial charge in [0.1, 0.15) is 5.75 Å². The molecule has 0 aromatic heterocycles. The van der Waals surface area contributed by atoms with Gasteiger partial charge in [-0.25, -0.2) is 0 Å². The Kier molecular flexibility index (Phi) is 4.72. The molecule has 0 aliphatic heterocycles. The van der Waals surface area contributed by atoms with Crippen molar-refractivity contribution in [3.8, 4) is 11.8 Å². The third-order valence-electron chi connectivity index (χ3n) is 2.96. The van der Waals surface area contributed by atoms with Crippen molar-refractivity contribution in [3.63, 3.8) is 0 Å². The molecule has 0 aliphatic rings. The van der Waals surface area contributed by atoms with E-state index in [0.29, 0.717) is 11.3 Å².